The van der Waals surface area contributed by atoms with E-state index in [0.29, 0.717) is 5.56 Å². The Morgan fingerprint density at radius 3 is 2.00 bits per heavy atom. The summed E-state index contributed by atoms with van der Waals surface area (Å²) in [6.07, 6.45) is -1.03. The van der Waals surface area contributed by atoms with Crippen LogP contribution in [0.1, 0.15) is 25.7 Å². The van der Waals surface area contributed by atoms with E-state index in [9.17, 15) is 9.59 Å². The van der Waals surface area contributed by atoms with Gasteiger partial charge in [-0.15, -0.1) is 0 Å². The van der Waals surface area contributed by atoms with Crippen LogP contribution < -0.4 is 0 Å². The van der Waals surface area contributed by atoms with E-state index in [4.69, 9.17) is 9.47 Å². The maximum absolute atomic E-state index is 11.3. The molecule has 0 unspecified atom stereocenters. The van der Waals surface area contributed by atoms with Crippen molar-refractivity contribution in [3.63, 3.8) is 0 Å². The Morgan fingerprint density at radius 2 is 1.35 bits per heavy atom. The lowest BCUT2D eigenvalue weighted by Gasteiger charge is -2.17. The second kappa shape index (κ2) is 6.08. The third kappa shape index (κ3) is 3.16. The fourth-order valence-corrected chi connectivity index (χ4v) is 2.63. The molecule has 0 fully saturated rings. The standard InChI is InChI=1S/C19H16O4/c1-12(20)22-19(23-13(2)21)16-10-9-15-8-7-14-5-3-4-6-17(14)18(15)11-16/h3-11,19H,1-2H3. The number of carbonyl (C=O) groups excluding carboxylic acids is 2. The number of esters is 2. The molecule has 0 aromatic heterocycles. The highest BCUT2D eigenvalue weighted by molar-refractivity contribution is 6.07. The van der Waals surface area contributed by atoms with Crippen molar-refractivity contribution in [3.8, 4) is 0 Å². The molecule has 0 bridgehead atoms. The zero-order valence-corrected chi connectivity index (χ0v) is 12.9. The zero-order valence-electron chi connectivity index (χ0n) is 12.9. The number of hydrogen-bond donors (Lipinski definition) is 0. The lowest BCUT2D eigenvalue weighted by Crippen LogP contribution is -2.14. The van der Waals surface area contributed by atoms with Crippen molar-refractivity contribution >= 4 is 33.5 Å². The molecule has 0 aliphatic rings. The fraction of sp³-hybridized carbons (Fsp3) is 0.158. The molecule has 0 aliphatic heterocycles. The molecule has 0 saturated carbocycles. The van der Waals surface area contributed by atoms with E-state index in [1.807, 2.05) is 42.5 Å². The van der Waals surface area contributed by atoms with E-state index in [2.05, 4.69) is 6.07 Å². The smallest absolute Gasteiger partial charge is 0.305 e. The average molecular weight is 308 g/mol. The molecular formula is C19H16O4. The van der Waals surface area contributed by atoms with Crippen LogP contribution in [0.15, 0.2) is 54.6 Å². The molecular weight excluding hydrogens is 292 g/mol. The summed E-state index contributed by atoms with van der Waals surface area (Å²) in [6.45, 7) is 2.57. The van der Waals surface area contributed by atoms with Crippen molar-refractivity contribution < 1.29 is 19.1 Å². The maximum atomic E-state index is 11.3. The summed E-state index contributed by atoms with van der Waals surface area (Å²) in [5, 5.41) is 4.30. The van der Waals surface area contributed by atoms with Crippen LogP contribution >= 0.6 is 0 Å². The summed E-state index contributed by atoms with van der Waals surface area (Å²) in [7, 11) is 0. The fourth-order valence-electron chi connectivity index (χ4n) is 2.63. The molecule has 3 aromatic carbocycles. The molecule has 0 radical (unpaired) electrons. The molecule has 0 atom stereocenters. The van der Waals surface area contributed by atoms with Crippen LogP contribution in [0.3, 0.4) is 0 Å². The quantitative estimate of drug-likeness (QED) is 0.415. The van der Waals surface area contributed by atoms with Gasteiger partial charge in [-0.2, -0.15) is 0 Å². The summed E-state index contributed by atoms with van der Waals surface area (Å²) in [6, 6.07) is 17.8. The summed E-state index contributed by atoms with van der Waals surface area (Å²) in [4.78, 5) is 22.5. The summed E-state index contributed by atoms with van der Waals surface area (Å²) < 4.78 is 10.3. The van der Waals surface area contributed by atoms with Gasteiger partial charge in [0.2, 0.25) is 0 Å². The van der Waals surface area contributed by atoms with Crippen molar-refractivity contribution in [1.29, 1.82) is 0 Å². The van der Waals surface area contributed by atoms with Gasteiger partial charge in [-0.3, -0.25) is 9.59 Å². The van der Waals surface area contributed by atoms with E-state index < -0.39 is 18.2 Å². The first-order valence-corrected chi connectivity index (χ1v) is 7.30. The number of hydrogen-bond acceptors (Lipinski definition) is 4. The van der Waals surface area contributed by atoms with Gasteiger partial charge in [-0.1, -0.05) is 48.5 Å². The summed E-state index contributed by atoms with van der Waals surface area (Å²) in [5.74, 6) is -1.01. The molecule has 116 valence electrons. The van der Waals surface area contributed by atoms with Gasteiger partial charge in [0.1, 0.15) is 0 Å². The molecule has 0 N–H and O–H groups in total. The largest absolute Gasteiger partial charge is 0.421 e. The van der Waals surface area contributed by atoms with E-state index in [-0.39, 0.29) is 0 Å². The number of carbonyl (C=O) groups is 2. The topological polar surface area (TPSA) is 52.6 Å². The lowest BCUT2D eigenvalue weighted by molar-refractivity contribution is -0.186. The minimum absolute atomic E-state index is 0.505. The summed E-state index contributed by atoms with van der Waals surface area (Å²) >= 11 is 0. The predicted molar refractivity (Wildman–Crippen MR) is 87.7 cm³/mol. The number of ether oxygens (including phenoxy) is 2. The first-order valence-electron chi connectivity index (χ1n) is 7.30. The number of benzene rings is 3. The Hall–Kier alpha value is -2.88. The van der Waals surface area contributed by atoms with Crippen molar-refractivity contribution in [2.75, 3.05) is 0 Å². The minimum atomic E-state index is -1.03. The Labute approximate surface area is 133 Å². The van der Waals surface area contributed by atoms with E-state index in [0.717, 1.165) is 21.5 Å². The molecule has 23 heavy (non-hydrogen) atoms. The van der Waals surface area contributed by atoms with Gasteiger partial charge in [-0.25, -0.2) is 0 Å². The highest BCUT2D eigenvalue weighted by atomic mass is 16.7. The van der Waals surface area contributed by atoms with Crippen molar-refractivity contribution in [2.24, 2.45) is 0 Å². The van der Waals surface area contributed by atoms with E-state index in [1.54, 1.807) is 6.07 Å². The van der Waals surface area contributed by atoms with Gasteiger partial charge in [0.25, 0.3) is 6.29 Å². The minimum Gasteiger partial charge on any atom is -0.421 e. The Kier molecular flexibility index (Phi) is 3.98. The molecule has 4 nitrogen and oxygen atoms in total. The Balaban J connectivity index is 2.14. The average Bonchev–Trinajstić information content (AvgIpc) is 2.53. The number of fused-ring (bicyclic) bond motifs is 3. The molecule has 4 heteroatoms. The Bertz CT molecular complexity index is 882. The molecule has 0 amide bonds. The van der Waals surface area contributed by atoms with Crippen molar-refractivity contribution in [1.82, 2.24) is 0 Å². The second-order valence-corrected chi connectivity index (χ2v) is 5.32. The predicted octanol–water partition coefficient (Wildman–Crippen LogP) is 4.12. The van der Waals surface area contributed by atoms with Crippen LogP contribution in [0.5, 0.6) is 0 Å². The van der Waals surface area contributed by atoms with Crippen LogP contribution in [0.2, 0.25) is 0 Å². The van der Waals surface area contributed by atoms with Gasteiger partial charge >= 0.3 is 11.9 Å². The van der Waals surface area contributed by atoms with Crippen LogP contribution in [0.4, 0.5) is 0 Å². The Morgan fingerprint density at radius 1 is 0.783 bits per heavy atom. The normalized spacial score (nSPS) is 10.9. The SMILES string of the molecule is CC(=O)OC(OC(C)=O)c1ccc2ccc3ccccc3c2c1. The third-order valence-electron chi connectivity index (χ3n) is 3.59. The van der Waals surface area contributed by atoms with Gasteiger partial charge in [0, 0.05) is 19.4 Å². The molecule has 0 spiro atoms. The second-order valence-electron chi connectivity index (χ2n) is 5.32. The zero-order chi connectivity index (χ0) is 16.4. The van der Waals surface area contributed by atoms with Gasteiger partial charge in [0.05, 0.1) is 0 Å². The molecule has 0 heterocycles. The van der Waals surface area contributed by atoms with Crippen LogP contribution in [-0.4, -0.2) is 11.9 Å². The molecule has 0 aliphatic carbocycles. The highest BCUT2D eigenvalue weighted by Gasteiger charge is 2.18. The first-order chi connectivity index (χ1) is 11.0. The third-order valence-corrected chi connectivity index (χ3v) is 3.59. The van der Waals surface area contributed by atoms with Gasteiger partial charge in [0.15, 0.2) is 0 Å². The summed E-state index contributed by atoms with van der Waals surface area (Å²) in [5.41, 5.74) is 0.624. The number of rotatable bonds is 3. The molecule has 3 rings (SSSR count). The van der Waals surface area contributed by atoms with Crippen LogP contribution in [0.25, 0.3) is 21.5 Å². The van der Waals surface area contributed by atoms with Gasteiger partial charge < -0.3 is 9.47 Å². The van der Waals surface area contributed by atoms with Crippen LogP contribution in [0, 0.1) is 0 Å². The molecule has 3 aromatic rings. The van der Waals surface area contributed by atoms with Crippen molar-refractivity contribution in [2.45, 2.75) is 20.1 Å². The van der Waals surface area contributed by atoms with E-state index in [1.165, 1.54) is 13.8 Å². The van der Waals surface area contributed by atoms with E-state index >= 15 is 0 Å². The van der Waals surface area contributed by atoms with Gasteiger partial charge in [-0.05, 0) is 27.6 Å². The highest BCUT2D eigenvalue weighted by Crippen LogP contribution is 2.29. The first kappa shape index (κ1) is 15.0. The molecule has 0 saturated heterocycles. The lowest BCUT2D eigenvalue weighted by atomic mass is 10.00. The van der Waals surface area contributed by atoms with Crippen molar-refractivity contribution in [3.05, 3.63) is 60.2 Å². The monoisotopic (exact) mass is 308 g/mol. The maximum Gasteiger partial charge on any atom is 0.305 e. The van der Waals surface area contributed by atoms with Crippen LogP contribution in [-0.2, 0) is 19.1 Å².